The molecule has 0 N–H and O–H groups in total. The molecule has 2 amide bonds. The van der Waals surface area contributed by atoms with Crippen molar-refractivity contribution in [3.8, 4) is 5.69 Å². The van der Waals surface area contributed by atoms with Crippen molar-refractivity contribution >= 4 is 12.0 Å². The summed E-state index contributed by atoms with van der Waals surface area (Å²) in [6.45, 7) is 13.2. The Labute approximate surface area is 201 Å². The van der Waals surface area contributed by atoms with Gasteiger partial charge in [-0.2, -0.15) is 5.10 Å². The Kier molecular flexibility index (Phi) is 6.98. The minimum atomic E-state index is -0.521. The molecule has 1 aromatic heterocycles. The Morgan fingerprint density at radius 2 is 1.62 bits per heavy atom. The lowest BCUT2D eigenvalue weighted by molar-refractivity contribution is 0.0201. The van der Waals surface area contributed by atoms with Gasteiger partial charge in [-0.1, -0.05) is 18.2 Å². The lowest BCUT2D eigenvalue weighted by atomic mass is 9.90. The zero-order valence-electron chi connectivity index (χ0n) is 21.0. The number of piperidine rings is 1. The predicted octanol–water partition coefficient (Wildman–Crippen LogP) is 4.08. The first-order chi connectivity index (χ1) is 16.2. The highest BCUT2D eigenvalue weighted by Gasteiger charge is 2.34. The minimum Gasteiger partial charge on any atom is -0.444 e. The molecule has 0 unspecified atom stereocenters. The van der Waals surface area contributed by atoms with Crippen LogP contribution in [0.5, 0.6) is 0 Å². The molecule has 0 saturated carbocycles. The van der Waals surface area contributed by atoms with Gasteiger partial charge in [0.05, 0.1) is 36.4 Å². The van der Waals surface area contributed by atoms with Gasteiger partial charge < -0.3 is 19.3 Å². The monoisotopic (exact) mass is 468 g/mol. The molecular formula is C26H36N4O4. The second kappa shape index (κ2) is 9.78. The van der Waals surface area contributed by atoms with E-state index in [2.05, 4.69) is 26.0 Å². The SMILES string of the molecule is Cc1cccc(C)c1-n1ncc(C(=O)N2CCOCC2)c1C1CCN(C(=O)OC(C)(C)C)CC1. The van der Waals surface area contributed by atoms with E-state index in [4.69, 9.17) is 14.6 Å². The number of likely N-dealkylation sites (tertiary alicyclic amines) is 1. The quantitative estimate of drug-likeness (QED) is 0.679. The molecule has 0 aliphatic carbocycles. The molecule has 2 aliphatic rings. The smallest absolute Gasteiger partial charge is 0.410 e. The van der Waals surface area contributed by atoms with Crippen molar-refractivity contribution in [1.82, 2.24) is 19.6 Å². The number of aryl methyl sites for hydroxylation is 2. The first-order valence-electron chi connectivity index (χ1n) is 12.1. The normalized spacial score (nSPS) is 17.7. The molecule has 0 atom stereocenters. The summed E-state index contributed by atoms with van der Waals surface area (Å²) in [5, 5.41) is 4.73. The summed E-state index contributed by atoms with van der Waals surface area (Å²) in [7, 11) is 0. The van der Waals surface area contributed by atoms with Crippen LogP contribution >= 0.6 is 0 Å². The molecular weight excluding hydrogens is 432 g/mol. The summed E-state index contributed by atoms with van der Waals surface area (Å²) < 4.78 is 13.0. The first kappa shape index (κ1) is 24.3. The maximum atomic E-state index is 13.5. The van der Waals surface area contributed by atoms with Crippen LogP contribution in [0.1, 0.15) is 66.7 Å². The van der Waals surface area contributed by atoms with Crippen molar-refractivity contribution in [3.63, 3.8) is 0 Å². The van der Waals surface area contributed by atoms with Gasteiger partial charge >= 0.3 is 6.09 Å². The number of morpholine rings is 1. The van der Waals surface area contributed by atoms with Crippen molar-refractivity contribution in [1.29, 1.82) is 0 Å². The van der Waals surface area contributed by atoms with E-state index in [0.29, 0.717) is 45.0 Å². The fourth-order valence-corrected chi connectivity index (χ4v) is 4.83. The van der Waals surface area contributed by atoms with Gasteiger partial charge in [0.25, 0.3) is 5.91 Å². The Hall–Kier alpha value is -2.87. The number of hydrogen-bond donors (Lipinski definition) is 0. The number of hydrogen-bond acceptors (Lipinski definition) is 5. The van der Waals surface area contributed by atoms with Crippen molar-refractivity contribution in [3.05, 3.63) is 46.8 Å². The van der Waals surface area contributed by atoms with Crippen molar-refractivity contribution in [2.75, 3.05) is 39.4 Å². The predicted molar refractivity (Wildman–Crippen MR) is 130 cm³/mol. The maximum absolute atomic E-state index is 13.5. The number of amides is 2. The third kappa shape index (κ3) is 5.12. The second-order valence-corrected chi connectivity index (χ2v) is 10.2. The molecule has 8 nitrogen and oxygen atoms in total. The van der Waals surface area contributed by atoms with Gasteiger partial charge in [-0.3, -0.25) is 4.79 Å². The minimum absolute atomic E-state index is 0.00496. The number of benzene rings is 1. The number of para-hydroxylation sites is 1. The van der Waals surface area contributed by atoms with E-state index < -0.39 is 5.60 Å². The molecule has 34 heavy (non-hydrogen) atoms. The van der Waals surface area contributed by atoms with E-state index >= 15 is 0 Å². The summed E-state index contributed by atoms with van der Waals surface area (Å²) in [5.74, 6) is 0.116. The Bertz CT molecular complexity index is 1020. The topological polar surface area (TPSA) is 76.9 Å². The van der Waals surface area contributed by atoms with Crippen LogP contribution in [0.4, 0.5) is 4.79 Å². The fourth-order valence-electron chi connectivity index (χ4n) is 4.83. The summed E-state index contributed by atoms with van der Waals surface area (Å²) in [6, 6.07) is 6.18. The Morgan fingerprint density at radius 1 is 1.00 bits per heavy atom. The van der Waals surface area contributed by atoms with E-state index in [0.717, 1.165) is 35.3 Å². The van der Waals surface area contributed by atoms with Gasteiger partial charge in [-0.25, -0.2) is 9.48 Å². The standard InChI is InChI=1S/C26H36N4O4/c1-18-7-6-8-19(2)22(18)30-23(21(17-27-30)24(31)28-13-15-33-16-14-28)20-9-11-29(12-10-20)25(32)34-26(3,4)5/h6-8,17,20H,9-16H2,1-5H3. The molecule has 4 rings (SSSR count). The summed E-state index contributed by atoms with van der Waals surface area (Å²) >= 11 is 0. The van der Waals surface area contributed by atoms with Crippen LogP contribution in [0.2, 0.25) is 0 Å². The number of carbonyl (C=O) groups excluding carboxylic acids is 2. The molecule has 0 bridgehead atoms. The summed E-state index contributed by atoms with van der Waals surface area (Å²) in [6.07, 6.45) is 2.94. The van der Waals surface area contributed by atoms with Crippen LogP contribution in [0, 0.1) is 13.8 Å². The summed E-state index contributed by atoms with van der Waals surface area (Å²) in [5.41, 5.74) is 4.32. The highest BCUT2D eigenvalue weighted by molar-refractivity contribution is 5.95. The third-order valence-corrected chi connectivity index (χ3v) is 6.52. The lowest BCUT2D eigenvalue weighted by Gasteiger charge is -2.34. The van der Waals surface area contributed by atoms with Crippen LogP contribution in [-0.4, -0.2) is 76.6 Å². The number of carbonyl (C=O) groups is 2. The largest absolute Gasteiger partial charge is 0.444 e. The summed E-state index contributed by atoms with van der Waals surface area (Å²) in [4.78, 5) is 29.7. The Morgan fingerprint density at radius 3 is 2.21 bits per heavy atom. The molecule has 2 aliphatic heterocycles. The van der Waals surface area contributed by atoms with Gasteiger partial charge in [-0.15, -0.1) is 0 Å². The van der Waals surface area contributed by atoms with Gasteiger partial charge in [0, 0.05) is 32.1 Å². The molecule has 2 fully saturated rings. The third-order valence-electron chi connectivity index (χ3n) is 6.52. The van der Waals surface area contributed by atoms with Crippen molar-refractivity contribution in [2.45, 2.75) is 59.0 Å². The number of aromatic nitrogens is 2. The lowest BCUT2D eigenvalue weighted by Crippen LogP contribution is -2.42. The molecule has 184 valence electrons. The van der Waals surface area contributed by atoms with E-state index in [1.165, 1.54) is 0 Å². The molecule has 2 saturated heterocycles. The second-order valence-electron chi connectivity index (χ2n) is 10.2. The highest BCUT2D eigenvalue weighted by Crippen LogP contribution is 2.34. The van der Waals surface area contributed by atoms with E-state index in [1.54, 1.807) is 11.1 Å². The van der Waals surface area contributed by atoms with Crippen LogP contribution < -0.4 is 0 Å². The van der Waals surface area contributed by atoms with Crippen molar-refractivity contribution < 1.29 is 19.1 Å². The molecule has 0 radical (unpaired) electrons. The van der Waals surface area contributed by atoms with Crippen molar-refractivity contribution in [2.24, 2.45) is 0 Å². The average Bonchev–Trinajstić information content (AvgIpc) is 3.22. The number of nitrogens with zero attached hydrogens (tertiary/aromatic N) is 4. The van der Waals surface area contributed by atoms with Crippen LogP contribution in [0.25, 0.3) is 5.69 Å². The van der Waals surface area contributed by atoms with E-state index in [1.807, 2.05) is 36.4 Å². The van der Waals surface area contributed by atoms with Crippen LogP contribution in [-0.2, 0) is 9.47 Å². The van der Waals surface area contributed by atoms with E-state index in [9.17, 15) is 9.59 Å². The molecule has 8 heteroatoms. The zero-order valence-corrected chi connectivity index (χ0v) is 21.0. The van der Waals surface area contributed by atoms with Gasteiger partial charge in [0.2, 0.25) is 0 Å². The van der Waals surface area contributed by atoms with Gasteiger partial charge in [0.1, 0.15) is 5.60 Å². The maximum Gasteiger partial charge on any atom is 0.410 e. The number of rotatable bonds is 3. The highest BCUT2D eigenvalue weighted by atomic mass is 16.6. The van der Waals surface area contributed by atoms with Gasteiger partial charge in [-0.05, 0) is 58.6 Å². The molecule has 3 heterocycles. The van der Waals surface area contributed by atoms with Gasteiger partial charge in [0.15, 0.2) is 0 Å². The van der Waals surface area contributed by atoms with Crippen LogP contribution in [0.15, 0.2) is 24.4 Å². The fraction of sp³-hybridized carbons (Fsp3) is 0.577. The zero-order chi connectivity index (χ0) is 24.5. The molecule has 1 aromatic carbocycles. The average molecular weight is 469 g/mol. The number of ether oxygens (including phenoxy) is 2. The molecule has 2 aromatic rings. The first-order valence-corrected chi connectivity index (χ1v) is 12.1. The van der Waals surface area contributed by atoms with E-state index in [-0.39, 0.29) is 17.9 Å². The Balaban J connectivity index is 1.65. The molecule has 0 spiro atoms. The van der Waals surface area contributed by atoms with Crippen LogP contribution in [0.3, 0.4) is 0 Å².